The monoisotopic (exact) mass is 374 g/mol. The SMILES string of the molecule is O=C(NCCn1nc(-c2cccs2)ccc1=O)Nc1cccc(Cl)c1. The summed E-state index contributed by atoms with van der Waals surface area (Å²) in [6.07, 6.45) is 0. The van der Waals surface area contributed by atoms with Crippen molar-refractivity contribution in [1.29, 1.82) is 0 Å². The highest BCUT2D eigenvalue weighted by molar-refractivity contribution is 7.13. The van der Waals surface area contributed by atoms with E-state index in [4.69, 9.17) is 11.6 Å². The van der Waals surface area contributed by atoms with E-state index in [0.717, 1.165) is 10.6 Å². The number of nitrogens with one attached hydrogen (secondary N) is 2. The average molecular weight is 375 g/mol. The first-order valence-electron chi connectivity index (χ1n) is 7.54. The van der Waals surface area contributed by atoms with Crippen LogP contribution in [0.25, 0.3) is 10.6 Å². The Balaban J connectivity index is 1.57. The summed E-state index contributed by atoms with van der Waals surface area (Å²) in [6.45, 7) is 0.550. The fraction of sp³-hybridized carbons (Fsp3) is 0.118. The summed E-state index contributed by atoms with van der Waals surface area (Å²) < 4.78 is 1.34. The van der Waals surface area contributed by atoms with E-state index in [-0.39, 0.29) is 24.7 Å². The van der Waals surface area contributed by atoms with Gasteiger partial charge in [0.15, 0.2) is 0 Å². The molecule has 0 aliphatic heterocycles. The third kappa shape index (κ3) is 4.68. The van der Waals surface area contributed by atoms with Gasteiger partial charge in [-0.1, -0.05) is 23.7 Å². The lowest BCUT2D eigenvalue weighted by molar-refractivity contribution is 0.251. The molecule has 3 rings (SSSR count). The van der Waals surface area contributed by atoms with E-state index < -0.39 is 0 Å². The molecule has 25 heavy (non-hydrogen) atoms. The Labute approximate surface area is 153 Å². The Morgan fingerprint density at radius 3 is 2.84 bits per heavy atom. The maximum Gasteiger partial charge on any atom is 0.319 e. The number of nitrogens with zero attached hydrogens (tertiary/aromatic N) is 2. The van der Waals surface area contributed by atoms with Crippen molar-refractivity contribution in [3.63, 3.8) is 0 Å². The summed E-state index contributed by atoms with van der Waals surface area (Å²) in [6, 6.07) is 13.5. The summed E-state index contributed by atoms with van der Waals surface area (Å²) in [5.41, 5.74) is 1.12. The molecule has 0 radical (unpaired) electrons. The highest BCUT2D eigenvalue weighted by Crippen LogP contribution is 2.21. The van der Waals surface area contributed by atoms with Crippen molar-refractivity contribution in [2.24, 2.45) is 0 Å². The number of anilines is 1. The van der Waals surface area contributed by atoms with Crippen molar-refractivity contribution < 1.29 is 4.79 Å². The van der Waals surface area contributed by atoms with Crippen LogP contribution in [0, 0.1) is 0 Å². The van der Waals surface area contributed by atoms with Crippen molar-refractivity contribution in [1.82, 2.24) is 15.1 Å². The molecule has 2 amide bonds. The third-order valence-corrected chi connectivity index (χ3v) is 4.46. The predicted octanol–water partition coefficient (Wildman–Crippen LogP) is 3.45. The van der Waals surface area contributed by atoms with Crippen molar-refractivity contribution >= 4 is 34.7 Å². The molecule has 3 aromatic rings. The number of aromatic nitrogens is 2. The lowest BCUT2D eigenvalue weighted by Crippen LogP contribution is -2.34. The minimum absolute atomic E-state index is 0.211. The van der Waals surface area contributed by atoms with Gasteiger partial charge in [-0.2, -0.15) is 5.10 Å². The molecule has 1 aromatic carbocycles. The number of carbonyl (C=O) groups excluding carboxylic acids is 1. The van der Waals surface area contributed by atoms with Crippen LogP contribution in [0.15, 0.2) is 58.7 Å². The van der Waals surface area contributed by atoms with E-state index >= 15 is 0 Å². The van der Waals surface area contributed by atoms with Gasteiger partial charge < -0.3 is 10.6 Å². The van der Waals surface area contributed by atoms with E-state index in [9.17, 15) is 9.59 Å². The van der Waals surface area contributed by atoms with Gasteiger partial charge in [0.05, 0.1) is 11.4 Å². The van der Waals surface area contributed by atoms with E-state index in [1.54, 1.807) is 41.7 Å². The van der Waals surface area contributed by atoms with Crippen molar-refractivity contribution in [2.75, 3.05) is 11.9 Å². The molecule has 0 fully saturated rings. The maximum absolute atomic E-state index is 11.9. The molecule has 0 saturated heterocycles. The van der Waals surface area contributed by atoms with Gasteiger partial charge in [-0.15, -0.1) is 11.3 Å². The summed E-state index contributed by atoms with van der Waals surface area (Å²) in [7, 11) is 0. The van der Waals surface area contributed by atoms with Gasteiger partial charge in [0.25, 0.3) is 5.56 Å². The average Bonchev–Trinajstić information content (AvgIpc) is 3.11. The standard InChI is InChI=1S/C17H15ClN4O2S/c18-12-3-1-4-13(11-12)20-17(24)19-8-9-22-16(23)7-6-14(21-22)15-5-2-10-25-15/h1-7,10-11H,8-9H2,(H2,19,20,24). The number of thiophene rings is 1. The van der Waals surface area contributed by atoms with Crippen LogP contribution >= 0.6 is 22.9 Å². The van der Waals surface area contributed by atoms with Crippen molar-refractivity contribution in [3.8, 4) is 10.6 Å². The van der Waals surface area contributed by atoms with Gasteiger partial charge in [0.1, 0.15) is 5.69 Å². The topological polar surface area (TPSA) is 76.0 Å². The zero-order chi connectivity index (χ0) is 17.6. The summed E-state index contributed by atoms with van der Waals surface area (Å²) in [5, 5.41) is 12.2. The highest BCUT2D eigenvalue weighted by atomic mass is 35.5. The molecule has 0 saturated carbocycles. The zero-order valence-electron chi connectivity index (χ0n) is 13.1. The van der Waals surface area contributed by atoms with Gasteiger partial charge in [0.2, 0.25) is 0 Å². The van der Waals surface area contributed by atoms with E-state index in [1.807, 2.05) is 17.5 Å². The largest absolute Gasteiger partial charge is 0.336 e. The third-order valence-electron chi connectivity index (χ3n) is 3.33. The minimum atomic E-state index is -0.371. The first kappa shape index (κ1) is 17.2. The number of hydrogen-bond donors (Lipinski definition) is 2. The number of urea groups is 1. The quantitative estimate of drug-likeness (QED) is 0.718. The smallest absolute Gasteiger partial charge is 0.319 e. The van der Waals surface area contributed by atoms with Crippen LogP contribution in [0.2, 0.25) is 5.02 Å². The van der Waals surface area contributed by atoms with Crippen LogP contribution in [0.5, 0.6) is 0 Å². The molecule has 0 aliphatic rings. The molecular formula is C17H15ClN4O2S. The molecule has 0 bridgehead atoms. The van der Waals surface area contributed by atoms with Gasteiger partial charge in [-0.25, -0.2) is 9.48 Å². The molecule has 0 atom stereocenters. The minimum Gasteiger partial charge on any atom is -0.336 e. The number of amides is 2. The van der Waals surface area contributed by atoms with Gasteiger partial charge in [-0.3, -0.25) is 4.79 Å². The van der Waals surface area contributed by atoms with Crippen LogP contribution in [0.1, 0.15) is 0 Å². The summed E-state index contributed by atoms with van der Waals surface area (Å²) in [4.78, 5) is 24.8. The van der Waals surface area contributed by atoms with E-state index in [2.05, 4.69) is 15.7 Å². The number of benzene rings is 1. The van der Waals surface area contributed by atoms with Crippen LogP contribution in [-0.2, 0) is 6.54 Å². The molecule has 0 unspecified atom stereocenters. The first-order valence-corrected chi connectivity index (χ1v) is 8.80. The van der Waals surface area contributed by atoms with Gasteiger partial charge >= 0.3 is 6.03 Å². The second-order valence-corrected chi connectivity index (χ2v) is 6.53. The molecule has 2 heterocycles. The normalized spacial score (nSPS) is 10.4. The van der Waals surface area contributed by atoms with Crippen LogP contribution in [0.4, 0.5) is 10.5 Å². The number of rotatable bonds is 5. The fourth-order valence-corrected chi connectivity index (χ4v) is 3.06. The molecule has 6 nitrogen and oxygen atoms in total. The Morgan fingerprint density at radius 1 is 1.20 bits per heavy atom. The molecule has 2 N–H and O–H groups in total. The van der Waals surface area contributed by atoms with Crippen molar-refractivity contribution in [2.45, 2.75) is 6.54 Å². The Kier molecular flexibility index (Phi) is 5.47. The number of halogens is 1. The van der Waals surface area contributed by atoms with Crippen LogP contribution in [-0.4, -0.2) is 22.4 Å². The van der Waals surface area contributed by atoms with E-state index in [0.29, 0.717) is 10.7 Å². The molecule has 8 heteroatoms. The molecule has 0 spiro atoms. The number of carbonyl (C=O) groups is 1. The van der Waals surface area contributed by atoms with Crippen LogP contribution < -0.4 is 16.2 Å². The Morgan fingerprint density at radius 2 is 2.08 bits per heavy atom. The highest BCUT2D eigenvalue weighted by Gasteiger charge is 2.06. The second-order valence-electron chi connectivity index (χ2n) is 5.15. The maximum atomic E-state index is 11.9. The Bertz CT molecular complexity index is 924. The molecule has 2 aromatic heterocycles. The lowest BCUT2D eigenvalue weighted by Gasteiger charge is -2.09. The molecule has 128 valence electrons. The van der Waals surface area contributed by atoms with Crippen LogP contribution in [0.3, 0.4) is 0 Å². The predicted molar refractivity (Wildman–Crippen MR) is 100 cm³/mol. The fourth-order valence-electron chi connectivity index (χ4n) is 2.18. The Hall–Kier alpha value is -2.64. The first-order chi connectivity index (χ1) is 12.1. The van der Waals surface area contributed by atoms with Gasteiger partial charge in [-0.05, 0) is 35.7 Å². The van der Waals surface area contributed by atoms with E-state index in [1.165, 1.54) is 10.7 Å². The molecular weight excluding hydrogens is 360 g/mol. The van der Waals surface area contributed by atoms with Gasteiger partial charge in [0, 0.05) is 23.3 Å². The second kappa shape index (κ2) is 7.96. The zero-order valence-corrected chi connectivity index (χ0v) is 14.7. The summed E-state index contributed by atoms with van der Waals surface area (Å²) in [5.74, 6) is 0. The molecule has 0 aliphatic carbocycles. The number of hydrogen-bond acceptors (Lipinski definition) is 4. The summed E-state index contributed by atoms with van der Waals surface area (Å²) >= 11 is 7.42. The lowest BCUT2D eigenvalue weighted by atomic mass is 10.3. The van der Waals surface area contributed by atoms with Crippen molar-refractivity contribution in [3.05, 3.63) is 69.3 Å².